The minimum absolute atomic E-state index is 0.182. The summed E-state index contributed by atoms with van der Waals surface area (Å²) in [6.45, 7) is 13.4. The van der Waals surface area contributed by atoms with Crippen LogP contribution < -0.4 is 0 Å². The molecule has 1 nitrogen and oxygen atoms in total. The summed E-state index contributed by atoms with van der Waals surface area (Å²) in [6.07, 6.45) is 0. The summed E-state index contributed by atoms with van der Waals surface area (Å²) >= 11 is 3.74. The molecule has 15 heavy (non-hydrogen) atoms. The first-order valence-corrected chi connectivity index (χ1v) is 7.14. The first-order chi connectivity index (χ1) is 6.68. The van der Waals surface area contributed by atoms with Crippen molar-refractivity contribution in [3.8, 4) is 0 Å². The first-order valence-electron chi connectivity index (χ1n) is 5.27. The van der Waals surface area contributed by atoms with Crippen LogP contribution in [-0.2, 0) is 11.2 Å². The zero-order valence-corrected chi connectivity index (χ0v) is 12.2. The highest BCUT2D eigenvalue weighted by Gasteiger charge is 2.18. The molecule has 0 aliphatic heterocycles. The van der Waals surface area contributed by atoms with Crippen LogP contribution in [0.1, 0.15) is 52.2 Å². The van der Waals surface area contributed by atoms with Crippen LogP contribution in [0, 0.1) is 0 Å². The standard InChI is InChI=1S/C12H21NS2/c1-11(2,3)9-7-14-10(13-9)8-15-12(4,5)6/h7H,8H2,1-6H3. The Morgan fingerprint density at radius 1 is 1.20 bits per heavy atom. The molecule has 3 heteroatoms. The second-order valence-corrected chi connectivity index (χ2v) is 8.52. The molecule has 0 saturated carbocycles. The molecule has 0 aromatic carbocycles. The second-order valence-electron chi connectivity index (χ2n) is 5.78. The van der Waals surface area contributed by atoms with E-state index < -0.39 is 0 Å². The van der Waals surface area contributed by atoms with Crippen molar-refractivity contribution >= 4 is 23.1 Å². The van der Waals surface area contributed by atoms with Gasteiger partial charge in [0.15, 0.2) is 0 Å². The Labute approximate surface area is 102 Å². The maximum Gasteiger partial charge on any atom is 0.103 e. The number of rotatable bonds is 2. The van der Waals surface area contributed by atoms with Gasteiger partial charge in [-0.1, -0.05) is 41.5 Å². The van der Waals surface area contributed by atoms with E-state index in [1.807, 2.05) is 11.8 Å². The molecule has 1 aromatic heterocycles. The maximum absolute atomic E-state index is 4.68. The lowest BCUT2D eigenvalue weighted by Crippen LogP contribution is -2.11. The van der Waals surface area contributed by atoms with E-state index in [1.165, 1.54) is 10.7 Å². The third kappa shape index (κ3) is 4.56. The quantitative estimate of drug-likeness (QED) is 0.760. The molecule has 0 aliphatic carbocycles. The van der Waals surface area contributed by atoms with Gasteiger partial charge < -0.3 is 0 Å². The van der Waals surface area contributed by atoms with Gasteiger partial charge in [0, 0.05) is 21.3 Å². The predicted octanol–water partition coefficient (Wildman–Crippen LogP) is 4.47. The molecule has 86 valence electrons. The van der Waals surface area contributed by atoms with Gasteiger partial charge in [-0.2, -0.15) is 0 Å². The van der Waals surface area contributed by atoms with Crippen molar-refractivity contribution in [1.82, 2.24) is 4.98 Å². The predicted molar refractivity (Wildman–Crippen MR) is 71.9 cm³/mol. The zero-order chi connectivity index (χ0) is 11.7. The van der Waals surface area contributed by atoms with E-state index in [4.69, 9.17) is 0 Å². The molecule has 0 aliphatic rings. The van der Waals surface area contributed by atoms with E-state index in [2.05, 4.69) is 51.9 Å². The van der Waals surface area contributed by atoms with Gasteiger partial charge in [-0.3, -0.25) is 0 Å². The van der Waals surface area contributed by atoms with E-state index in [0.29, 0.717) is 4.75 Å². The average molecular weight is 243 g/mol. The Balaban J connectivity index is 2.62. The van der Waals surface area contributed by atoms with Crippen LogP contribution in [0.4, 0.5) is 0 Å². The molecule has 0 spiro atoms. The minimum Gasteiger partial charge on any atom is -0.245 e. The normalized spacial score (nSPS) is 13.2. The van der Waals surface area contributed by atoms with Crippen molar-refractivity contribution in [2.45, 2.75) is 57.5 Å². The van der Waals surface area contributed by atoms with Crippen molar-refractivity contribution in [3.05, 3.63) is 16.1 Å². The molecule has 1 aromatic rings. The van der Waals surface area contributed by atoms with Gasteiger partial charge >= 0.3 is 0 Å². The number of thioether (sulfide) groups is 1. The summed E-state index contributed by atoms with van der Waals surface area (Å²) in [7, 11) is 0. The average Bonchev–Trinajstić information content (AvgIpc) is 2.45. The van der Waals surface area contributed by atoms with Crippen molar-refractivity contribution in [2.75, 3.05) is 0 Å². The molecule has 0 bridgehead atoms. The highest BCUT2D eigenvalue weighted by Crippen LogP contribution is 2.30. The van der Waals surface area contributed by atoms with Gasteiger partial charge in [0.2, 0.25) is 0 Å². The Kier molecular flexibility index (Phi) is 3.88. The Morgan fingerprint density at radius 2 is 1.80 bits per heavy atom. The lowest BCUT2D eigenvalue weighted by molar-refractivity contribution is 0.571. The largest absolute Gasteiger partial charge is 0.245 e. The molecule has 0 unspecified atom stereocenters. The molecule has 1 heterocycles. The lowest BCUT2D eigenvalue weighted by atomic mass is 9.93. The van der Waals surface area contributed by atoms with Crippen molar-refractivity contribution < 1.29 is 0 Å². The summed E-state index contributed by atoms with van der Waals surface area (Å²) in [5.41, 5.74) is 1.40. The second kappa shape index (κ2) is 4.46. The SMILES string of the molecule is CC(C)(C)SCc1nc(C(C)(C)C)cs1. The Bertz CT molecular complexity index is 315. The van der Waals surface area contributed by atoms with Gasteiger partial charge in [-0.05, 0) is 0 Å². The number of aromatic nitrogens is 1. The first kappa shape index (κ1) is 13.0. The van der Waals surface area contributed by atoms with Crippen molar-refractivity contribution in [3.63, 3.8) is 0 Å². The summed E-state index contributed by atoms with van der Waals surface area (Å²) in [5, 5.41) is 3.44. The highest BCUT2D eigenvalue weighted by atomic mass is 32.2. The van der Waals surface area contributed by atoms with Gasteiger partial charge in [0.05, 0.1) is 5.69 Å². The molecule has 0 fully saturated rings. The zero-order valence-electron chi connectivity index (χ0n) is 10.5. The van der Waals surface area contributed by atoms with Gasteiger partial charge in [-0.15, -0.1) is 23.1 Å². The van der Waals surface area contributed by atoms with Crippen LogP contribution in [0.25, 0.3) is 0 Å². The van der Waals surface area contributed by atoms with Gasteiger partial charge in [0.1, 0.15) is 5.01 Å². The van der Waals surface area contributed by atoms with Crippen LogP contribution in [0.3, 0.4) is 0 Å². The lowest BCUT2D eigenvalue weighted by Gasteiger charge is -2.16. The molecule has 0 saturated heterocycles. The fourth-order valence-corrected chi connectivity index (χ4v) is 2.87. The van der Waals surface area contributed by atoms with E-state index in [0.717, 1.165) is 5.75 Å². The fraction of sp³-hybridized carbons (Fsp3) is 0.750. The molecule has 0 amide bonds. The highest BCUT2D eigenvalue weighted by molar-refractivity contribution is 7.99. The molecular formula is C12H21NS2. The number of hydrogen-bond donors (Lipinski definition) is 0. The van der Waals surface area contributed by atoms with Gasteiger partial charge in [0.25, 0.3) is 0 Å². The van der Waals surface area contributed by atoms with Crippen LogP contribution >= 0.6 is 23.1 Å². The number of nitrogens with zero attached hydrogens (tertiary/aromatic N) is 1. The minimum atomic E-state index is 0.182. The van der Waals surface area contributed by atoms with E-state index in [9.17, 15) is 0 Å². The van der Waals surface area contributed by atoms with Crippen LogP contribution in [0.2, 0.25) is 0 Å². The van der Waals surface area contributed by atoms with Crippen molar-refractivity contribution in [2.24, 2.45) is 0 Å². The third-order valence-electron chi connectivity index (χ3n) is 1.95. The Morgan fingerprint density at radius 3 is 2.20 bits per heavy atom. The van der Waals surface area contributed by atoms with E-state index in [1.54, 1.807) is 11.3 Å². The van der Waals surface area contributed by atoms with Crippen LogP contribution in [0.5, 0.6) is 0 Å². The maximum atomic E-state index is 4.68. The number of thiazole rings is 1. The molecular weight excluding hydrogens is 222 g/mol. The van der Waals surface area contributed by atoms with Crippen molar-refractivity contribution in [1.29, 1.82) is 0 Å². The molecule has 0 N–H and O–H groups in total. The monoisotopic (exact) mass is 243 g/mol. The Hall–Kier alpha value is -0.0200. The molecule has 1 rings (SSSR count). The summed E-state index contributed by atoms with van der Waals surface area (Å²) in [5.74, 6) is 1.03. The third-order valence-corrected chi connectivity index (χ3v) is 4.26. The molecule has 0 atom stereocenters. The van der Waals surface area contributed by atoms with E-state index >= 15 is 0 Å². The number of hydrogen-bond acceptors (Lipinski definition) is 3. The summed E-state index contributed by atoms with van der Waals surface area (Å²) < 4.78 is 0.327. The van der Waals surface area contributed by atoms with E-state index in [-0.39, 0.29) is 5.41 Å². The van der Waals surface area contributed by atoms with Crippen LogP contribution in [-0.4, -0.2) is 9.73 Å². The summed E-state index contributed by atoms with van der Waals surface area (Å²) in [6, 6.07) is 0. The fourth-order valence-electron chi connectivity index (χ4n) is 1.000. The van der Waals surface area contributed by atoms with Crippen LogP contribution in [0.15, 0.2) is 5.38 Å². The van der Waals surface area contributed by atoms with Gasteiger partial charge in [-0.25, -0.2) is 4.98 Å². The molecule has 0 radical (unpaired) electrons. The summed E-state index contributed by atoms with van der Waals surface area (Å²) in [4.78, 5) is 4.68. The topological polar surface area (TPSA) is 12.9 Å². The smallest absolute Gasteiger partial charge is 0.103 e.